The van der Waals surface area contributed by atoms with Crippen LogP contribution < -0.4 is 32.7 Å². The third-order valence-electron chi connectivity index (χ3n) is 7.56. The average Bonchev–Trinajstić information content (AvgIpc) is 3.32. The van der Waals surface area contributed by atoms with Crippen molar-refractivity contribution < 1.29 is 29.1 Å². The van der Waals surface area contributed by atoms with Gasteiger partial charge in [0.25, 0.3) is 0 Å². The number of phenolic OH excluding ortho intramolecular Hbond substituents is 1. The summed E-state index contributed by atoms with van der Waals surface area (Å²) in [4.78, 5) is 65.0. The molecule has 9 N–H and O–H groups in total. The summed E-state index contributed by atoms with van der Waals surface area (Å²) in [6.07, 6.45) is 1.05. The quantitative estimate of drug-likeness (QED) is 0.242. The largest absolute Gasteiger partial charge is 0.508 e. The molecule has 41 heavy (non-hydrogen) atoms. The van der Waals surface area contributed by atoms with Gasteiger partial charge in [0.1, 0.15) is 23.4 Å². The van der Waals surface area contributed by atoms with Gasteiger partial charge in [0, 0.05) is 25.8 Å². The summed E-state index contributed by atoms with van der Waals surface area (Å²) in [7, 11) is 0. The molecule has 218 valence electrons. The Labute approximate surface area is 237 Å². The molecule has 1 heterocycles. The number of fused-ring (bicyclic) bond motifs is 1. The van der Waals surface area contributed by atoms with E-state index in [9.17, 15) is 29.1 Å². The van der Waals surface area contributed by atoms with E-state index in [1.165, 1.54) is 12.1 Å². The van der Waals surface area contributed by atoms with Crippen molar-refractivity contribution >= 4 is 29.5 Å². The first-order valence-electron chi connectivity index (χ1n) is 13.7. The molecule has 1 aliphatic carbocycles. The van der Waals surface area contributed by atoms with Crippen molar-refractivity contribution in [3.63, 3.8) is 0 Å². The van der Waals surface area contributed by atoms with Gasteiger partial charge in [-0.1, -0.05) is 36.4 Å². The molecule has 5 amide bonds. The molecule has 1 saturated heterocycles. The van der Waals surface area contributed by atoms with Crippen molar-refractivity contribution in [3.8, 4) is 5.75 Å². The highest BCUT2D eigenvalue weighted by atomic mass is 16.3. The minimum absolute atomic E-state index is 0.0154. The number of nitrogens with one attached hydrogen (secondary N) is 4. The number of hydrogen-bond donors (Lipinski definition) is 7. The summed E-state index contributed by atoms with van der Waals surface area (Å²) in [5.74, 6) is -2.78. The van der Waals surface area contributed by atoms with Gasteiger partial charge < -0.3 is 37.8 Å². The number of carbonyl (C=O) groups is 5. The number of carbonyl (C=O) groups excluding carboxylic acids is 5. The molecule has 2 aliphatic rings. The van der Waals surface area contributed by atoms with Crippen LogP contribution >= 0.6 is 0 Å². The molecule has 2 aromatic rings. The second-order valence-electron chi connectivity index (χ2n) is 10.7. The number of aromatic hydroxyl groups is 1. The van der Waals surface area contributed by atoms with E-state index in [4.69, 9.17) is 11.5 Å². The molecule has 0 unspecified atom stereocenters. The highest BCUT2D eigenvalue weighted by Crippen LogP contribution is 2.31. The van der Waals surface area contributed by atoms with E-state index in [1.807, 2.05) is 24.3 Å². The van der Waals surface area contributed by atoms with Crippen molar-refractivity contribution in [3.05, 3.63) is 65.2 Å². The zero-order chi connectivity index (χ0) is 29.6. The van der Waals surface area contributed by atoms with Crippen LogP contribution in [0, 0.1) is 0 Å². The van der Waals surface area contributed by atoms with E-state index in [0.717, 1.165) is 16.7 Å². The van der Waals surface area contributed by atoms with Crippen LogP contribution in [0.4, 0.5) is 0 Å². The van der Waals surface area contributed by atoms with Gasteiger partial charge in [0.15, 0.2) is 0 Å². The molecule has 0 aromatic heterocycles. The lowest BCUT2D eigenvalue weighted by molar-refractivity contribution is -0.137. The molecular weight excluding hydrogens is 528 g/mol. The Hall–Kier alpha value is -4.45. The van der Waals surface area contributed by atoms with E-state index in [1.54, 1.807) is 12.1 Å². The van der Waals surface area contributed by atoms with Crippen molar-refractivity contribution in [2.24, 2.45) is 11.5 Å². The fourth-order valence-electron chi connectivity index (χ4n) is 5.25. The third-order valence-corrected chi connectivity index (χ3v) is 7.56. The van der Waals surface area contributed by atoms with Crippen LogP contribution in [0.5, 0.6) is 5.75 Å². The first-order chi connectivity index (χ1) is 19.6. The second-order valence-corrected chi connectivity index (χ2v) is 10.7. The Bertz CT molecular complexity index is 1290. The maximum atomic E-state index is 13.7. The van der Waals surface area contributed by atoms with Crippen molar-refractivity contribution in [2.75, 3.05) is 6.54 Å². The van der Waals surface area contributed by atoms with Gasteiger partial charge in [-0.05, 0) is 54.5 Å². The summed E-state index contributed by atoms with van der Waals surface area (Å²) in [6, 6.07) is 10.6. The van der Waals surface area contributed by atoms with Crippen LogP contribution in [0.2, 0.25) is 0 Å². The molecule has 4 rings (SSSR count). The van der Waals surface area contributed by atoms with E-state index in [0.29, 0.717) is 6.42 Å². The number of hydrogen-bond acceptors (Lipinski definition) is 7. The SMILES string of the molecule is NC(=O)[C@@H]1CCC(=O)NCCC[C@H](NC(=O)[C@@H](N)Cc2ccc(O)cc2)C(=O)NC2(Cc3ccccc3C2)C(=O)N1. The molecule has 1 fully saturated rings. The molecule has 12 nitrogen and oxygen atoms in total. The molecule has 1 aliphatic heterocycles. The lowest BCUT2D eigenvalue weighted by atomic mass is 9.92. The van der Waals surface area contributed by atoms with Crippen LogP contribution in [0.3, 0.4) is 0 Å². The number of benzene rings is 2. The standard InChI is InChI=1S/C29H36N6O6/c30-21(14-17-7-9-20(36)10-8-17)26(39)33-23-6-3-13-32-24(37)12-11-22(25(31)38)34-28(41)29(35-27(23)40)15-18-4-1-2-5-19(18)16-29/h1-2,4-5,7-10,21-23,36H,3,6,11-16,30H2,(H2,31,38)(H,32,37)(H,33,39)(H,34,41)(H,35,40)/t21-,22-,23-/m0/s1. The minimum Gasteiger partial charge on any atom is -0.508 e. The Morgan fingerprint density at radius 2 is 1.68 bits per heavy atom. The van der Waals surface area contributed by atoms with E-state index in [-0.39, 0.29) is 56.7 Å². The van der Waals surface area contributed by atoms with Crippen molar-refractivity contribution in [1.82, 2.24) is 21.3 Å². The van der Waals surface area contributed by atoms with Gasteiger partial charge in [-0.25, -0.2) is 0 Å². The first kappa shape index (κ1) is 29.5. The Morgan fingerprint density at radius 3 is 2.32 bits per heavy atom. The van der Waals surface area contributed by atoms with Gasteiger partial charge in [-0.15, -0.1) is 0 Å². The van der Waals surface area contributed by atoms with Gasteiger partial charge >= 0.3 is 0 Å². The molecule has 0 bridgehead atoms. The summed E-state index contributed by atoms with van der Waals surface area (Å²) >= 11 is 0. The maximum absolute atomic E-state index is 13.7. The third kappa shape index (κ3) is 7.40. The fraction of sp³-hybridized carbons (Fsp3) is 0.414. The topological polar surface area (TPSA) is 206 Å². The number of amides is 5. The molecule has 1 spiro atoms. The monoisotopic (exact) mass is 564 g/mol. The van der Waals surface area contributed by atoms with E-state index < -0.39 is 47.3 Å². The molecule has 2 aromatic carbocycles. The van der Waals surface area contributed by atoms with Crippen LogP contribution in [-0.2, 0) is 43.2 Å². The van der Waals surface area contributed by atoms with Crippen molar-refractivity contribution in [2.45, 2.75) is 68.6 Å². The van der Waals surface area contributed by atoms with E-state index in [2.05, 4.69) is 21.3 Å². The van der Waals surface area contributed by atoms with Crippen LogP contribution in [0.15, 0.2) is 48.5 Å². The molecule has 0 saturated carbocycles. The van der Waals surface area contributed by atoms with Gasteiger partial charge in [0.05, 0.1) is 6.04 Å². The van der Waals surface area contributed by atoms with Gasteiger partial charge in [0.2, 0.25) is 29.5 Å². The zero-order valence-corrected chi connectivity index (χ0v) is 22.7. The highest BCUT2D eigenvalue weighted by molar-refractivity contribution is 5.98. The number of nitrogens with two attached hydrogens (primary N) is 2. The smallest absolute Gasteiger partial charge is 0.247 e. The van der Waals surface area contributed by atoms with Gasteiger partial charge in [-0.2, -0.15) is 0 Å². The number of primary amides is 1. The first-order valence-corrected chi connectivity index (χ1v) is 13.7. The van der Waals surface area contributed by atoms with Crippen molar-refractivity contribution in [1.29, 1.82) is 0 Å². The number of rotatable bonds is 5. The molecule has 3 atom stereocenters. The minimum atomic E-state index is -1.43. The fourth-order valence-corrected chi connectivity index (χ4v) is 5.25. The Balaban J connectivity index is 1.57. The van der Waals surface area contributed by atoms with Gasteiger partial charge in [-0.3, -0.25) is 24.0 Å². The summed E-state index contributed by atoms with van der Waals surface area (Å²) in [5.41, 5.74) is 12.7. The maximum Gasteiger partial charge on any atom is 0.247 e. The lowest BCUT2D eigenvalue weighted by Crippen LogP contribution is -2.65. The zero-order valence-electron chi connectivity index (χ0n) is 22.7. The average molecular weight is 565 g/mol. The predicted molar refractivity (Wildman–Crippen MR) is 149 cm³/mol. The van der Waals surface area contributed by atoms with Crippen LogP contribution in [0.25, 0.3) is 0 Å². The molecular formula is C29H36N6O6. The summed E-state index contributed by atoms with van der Waals surface area (Å²) in [5, 5.41) is 20.5. The number of phenols is 1. The molecule has 12 heteroatoms. The van der Waals surface area contributed by atoms with Crippen LogP contribution in [0.1, 0.15) is 42.4 Å². The summed E-state index contributed by atoms with van der Waals surface area (Å²) < 4.78 is 0. The van der Waals surface area contributed by atoms with E-state index >= 15 is 0 Å². The normalized spacial score (nSPS) is 21.9. The second kappa shape index (κ2) is 12.8. The lowest BCUT2D eigenvalue weighted by Gasteiger charge is -2.33. The highest BCUT2D eigenvalue weighted by Gasteiger charge is 2.47. The van der Waals surface area contributed by atoms with Crippen LogP contribution in [-0.4, -0.2) is 64.9 Å². The Morgan fingerprint density at radius 1 is 1.02 bits per heavy atom. The molecule has 0 radical (unpaired) electrons. The predicted octanol–water partition coefficient (Wildman–Crippen LogP) is -0.939. The Kier molecular flexibility index (Phi) is 9.23. The summed E-state index contributed by atoms with van der Waals surface area (Å²) in [6.45, 7) is 0.238.